The summed E-state index contributed by atoms with van der Waals surface area (Å²) in [5.74, 6) is 0.247. The predicted molar refractivity (Wildman–Crippen MR) is 63.8 cm³/mol. The molecule has 0 amide bonds. The molecule has 1 aliphatic rings. The van der Waals surface area contributed by atoms with Crippen LogP contribution in [0.25, 0.3) is 6.08 Å². The van der Waals surface area contributed by atoms with Crippen molar-refractivity contribution in [2.75, 3.05) is 0 Å². The number of rotatable bonds is 2. The van der Waals surface area contributed by atoms with Crippen LogP contribution in [0.5, 0.6) is 0 Å². The molecule has 1 aliphatic carbocycles. The van der Waals surface area contributed by atoms with Crippen LogP contribution >= 0.6 is 15.9 Å². The van der Waals surface area contributed by atoms with Crippen LogP contribution in [-0.2, 0) is 16.5 Å². The molecule has 1 aromatic heterocycles. The number of alkyl halides is 1. The van der Waals surface area contributed by atoms with Crippen molar-refractivity contribution in [2.24, 2.45) is 0 Å². The topological polar surface area (TPSA) is 30.0 Å². The first-order chi connectivity index (χ1) is 7.24. The maximum atomic E-state index is 11.7. The number of hydrogen-bond donors (Lipinski definition) is 0. The SMILES string of the molecule is CCC1=Cc2cnc(CBr)cc2CC1=O. The molecule has 2 rings (SSSR count). The van der Waals surface area contributed by atoms with Crippen molar-refractivity contribution in [2.45, 2.75) is 25.1 Å². The Morgan fingerprint density at radius 3 is 3.00 bits per heavy atom. The highest BCUT2D eigenvalue weighted by Crippen LogP contribution is 2.23. The summed E-state index contributed by atoms with van der Waals surface area (Å²) in [6, 6.07) is 2.00. The maximum absolute atomic E-state index is 11.7. The van der Waals surface area contributed by atoms with E-state index in [1.54, 1.807) is 0 Å². The summed E-state index contributed by atoms with van der Waals surface area (Å²) in [5.41, 5.74) is 4.09. The van der Waals surface area contributed by atoms with E-state index in [0.29, 0.717) is 6.42 Å². The van der Waals surface area contributed by atoms with Crippen molar-refractivity contribution < 1.29 is 4.79 Å². The number of ketones is 1. The maximum Gasteiger partial charge on any atom is 0.163 e. The summed E-state index contributed by atoms with van der Waals surface area (Å²) in [6.07, 6.45) is 5.15. The minimum atomic E-state index is 0.247. The van der Waals surface area contributed by atoms with Crippen LogP contribution in [0.3, 0.4) is 0 Å². The molecule has 2 nitrogen and oxygen atoms in total. The highest BCUT2D eigenvalue weighted by Gasteiger charge is 2.17. The minimum absolute atomic E-state index is 0.247. The lowest BCUT2D eigenvalue weighted by Gasteiger charge is -2.14. The number of aromatic nitrogens is 1. The van der Waals surface area contributed by atoms with Gasteiger partial charge in [-0.25, -0.2) is 0 Å². The van der Waals surface area contributed by atoms with Crippen molar-refractivity contribution in [1.82, 2.24) is 4.98 Å². The Bertz CT molecular complexity index is 437. The third-order valence-corrected chi connectivity index (χ3v) is 3.21. The summed E-state index contributed by atoms with van der Waals surface area (Å²) in [6.45, 7) is 2.01. The first-order valence-electron chi connectivity index (χ1n) is 5.02. The molecule has 1 heterocycles. The Morgan fingerprint density at radius 1 is 1.53 bits per heavy atom. The first-order valence-corrected chi connectivity index (χ1v) is 6.14. The number of hydrogen-bond acceptors (Lipinski definition) is 2. The molecule has 0 spiro atoms. The van der Waals surface area contributed by atoms with Crippen LogP contribution in [0, 0.1) is 0 Å². The third-order valence-electron chi connectivity index (χ3n) is 2.64. The molecule has 15 heavy (non-hydrogen) atoms. The number of Topliss-reactive ketones (excluding diaryl/α,β-unsaturated/α-hetero) is 1. The van der Waals surface area contributed by atoms with E-state index in [2.05, 4.69) is 20.9 Å². The largest absolute Gasteiger partial charge is 0.294 e. The normalized spacial score (nSPS) is 14.8. The number of allylic oxidation sites excluding steroid dienone is 1. The second-order valence-corrected chi connectivity index (χ2v) is 4.19. The summed E-state index contributed by atoms with van der Waals surface area (Å²) in [5, 5.41) is 0.735. The molecular formula is C12H12BrNO. The van der Waals surface area contributed by atoms with E-state index in [-0.39, 0.29) is 5.78 Å². The van der Waals surface area contributed by atoms with Gasteiger partial charge in [-0.15, -0.1) is 0 Å². The molecule has 0 aliphatic heterocycles. The van der Waals surface area contributed by atoms with Crippen LogP contribution < -0.4 is 0 Å². The molecule has 0 bridgehead atoms. The van der Waals surface area contributed by atoms with Gasteiger partial charge in [0.1, 0.15) is 0 Å². The molecule has 3 heteroatoms. The lowest BCUT2D eigenvalue weighted by atomic mass is 9.91. The first kappa shape index (κ1) is 10.6. The van der Waals surface area contributed by atoms with Gasteiger partial charge in [0, 0.05) is 17.9 Å². The zero-order valence-electron chi connectivity index (χ0n) is 8.59. The van der Waals surface area contributed by atoms with Crippen molar-refractivity contribution in [1.29, 1.82) is 0 Å². The molecule has 0 saturated carbocycles. The Morgan fingerprint density at radius 2 is 2.33 bits per heavy atom. The van der Waals surface area contributed by atoms with E-state index < -0.39 is 0 Å². The molecule has 0 N–H and O–H groups in total. The van der Waals surface area contributed by atoms with Gasteiger partial charge in [0.05, 0.1) is 5.69 Å². The number of nitrogens with zero attached hydrogens (tertiary/aromatic N) is 1. The van der Waals surface area contributed by atoms with Gasteiger partial charge in [0.15, 0.2) is 5.78 Å². The predicted octanol–water partition coefficient (Wildman–Crippen LogP) is 2.90. The van der Waals surface area contributed by atoms with Crippen molar-refractivity contribution in [3.63, 3.8) is 0 Å². The Kier molecular flexibility index (Phi) is 3.00. The monoisotopic (exact) mass is 265 g/mol. The van der Waals surface area contributed by atoms with E-state index in [1.165, 1.54) is 0 Å². The highest BCUT2D eigenvalue weighted by molar-refractivity contribution is 9.08. The number of fused-ring (bicyclic) bond motifs is 1. The van der Waals surface area contributed by atoms with Crippen LogP contribution in [0.1, 0.15) is 30.2 Å². The summed E-state index contributed by atoms with van der Waals surface area (Å²) >= 11 is 3.36. The van der Waals surface area contributed by atoms with Crippen LogP contribution in [-0.4, -0.2) is 10.8 Å². The second kappa shape index (κ2) is 4.27. The van der Waals surface area contributed by atoms with Gasteiger partial charge in [0.25, 0.3) is 0 Å². The van der Waals surface area contributed by atoms with Gasteiger partial charge >= 0.3 is 0 Å². The number of pyridine rings is 1. The van der Waals surface area contributed by atoms with Crippen LogP contribution in [0.4, 0.5) is 0 Å². The van der Waals surface area contributed by atoms with E-state index in [4.69, 9.17) is 0 Å². The number of carbonyl (C=O) groups excluding carboxylic acids is 1. The van der Waals surface area contributed by atoms with Gasteiger partial charge in [0.2, 0.25) is 0 Å². The smallest absolute Gasteiger partial charge is 0.163 e. The van der Waals surface area contributed by atoms with Crippen molar-refractivity contribution >= 4 is 27.8 Å². The van der Waals surface area contributed by atoms with Crippen LogP contribution in [0.15, 0.2) is 17.8 Å². The molecule has 0 atom stereocenters. The summed E-state index contributed by atoms with van der Waals surface area (Å²) in [4.78, 5) is 16.0. The third kappa shape index (κ3) is 2.02. The van der Waals surface area contributed by atoms with E-state index in [9.17, 15) is 4.79 Å². The molecule has 78 valence electrons. The highest BCUT2D eigenvalue weighted by atomic mass is 79.9. The van der Waals surface area contributed by atoms with Gasteiger partial charge in [-0.05, 0) is 35.3 Å². The standard InChI is InChI=1S/C12H12BrNO/c1-2-8-3-10-7-14-11(6-13)4-9(10)5-12(8)15/h3-4,7H,2,5-6H2,1H3. The Labute approximate surface area is 97.5 Å². The zero-order chi connectivity index (χ0) is 10.8. The zero-order valence-corrected chi connectivity index (χ0v) is 10.2. The molecular weight excluding hydrogens is 254 g/mol. The molecule has 0 radical (unpaired) electrons. The van der Waals surface area contributed by atoms with Gasteiger partial charge in [-0.3, -0.25) is 9.78 Å². The molecule has 0 fully saturated rings. The fourth-order valence-electron chi connectivity index (χ4n) is 1.77. The minimum Gasteiger partial charge on any atom is -0.294 e. The van der Waals surface area contributed by atoms with Gasteiger partial charge < -0.3 is 0 Å². The Balaban J connectivity index is 2.45. The molecule has 0 unspecified atom stereocenters. The lowest BCUT2D eigenvalue weighted by Crippen LogP contribution is -2.12. The van der Waals surface area contributed by atoms with Gasteiger partial charge in [-0.2, -0.15) is 0 Å². The Hall–Kier alpha value is -0.960. The lowest BCUT2D eigenvalue weighted by molar-refractivity contribution is -0.115. The van der Waals surface area contributed by atoms with E-state index in [0.717, 1.165) is 34.1 Å². The molecule has 0 aromatic carbocycles. The van der Waals surface area contributed by atoms with E-state index in [1.807, 2.05) is 25.3 Å². The second-order valence-electron chi connectivity index (χ2n) is 3.63. The molecule has 0 saturated heterocycles. The van der Waals surface area contributed by atoms with Gasteiger partial charge in [-0.1, -0.05) is 22.9 Å². The quantitative estimate of drug-likeness (QED) is 0.770. The number of carbonyl (C=O) groups is 1. The average molecular weight is 266 g/mol. The van der Waals surface area contributed by atoms with Crippen LogP contribution in [0.2, 0.25) is 0 Å². The fourth-order valence-corrected chi connectivity index (χ4v) is 2.07. The summed E-state index contributed by atoms with van der Waals surface area (Å²) < 4.78 is 0. The fraction of sp³-hybridized carbons (Fsp3) is 0.333. The summed E-state index contributed by atoms with van der Waals surface area (Å²) in [7, 11) is 0. The van der Waals surface area contributed by atoms with E-state index >= 15 is 0 Å². The molecule has 1 aromatic rings. The average Bonchev–Trinajstić information content (AvgIpc) is 2.27. The van der Waals surface area contributed by atoms with Crippen molar-refractivity contribution in [3.8, 4) is 0 Å². The van der Waals surface area contributed by atoms with Crippen molar-refractivity contribution in [3.05, 3.63) is 34.7 Å². The number of halogens is 1.